The third-order valence-corrected chi connectivity index (χ3v) is 3.00. The van der Waals surface area contributed by atoms with Crippen LogP contribution in [0.25, 0.3) is 0 Å². The van der Waals surface area contributed by atoms with Crippen LogP contribution < -0.4 is 0 Å². The summed E-state index contributed by atoms with van der Waals surface area (Å²) in [5, 5.41) is 8.48. The highest BCUT2D eigenvalue weighted by atomic mass is 32.2. The van der Waals surface area contributed by atoms with Gasteiger partial charge in [0.15, 0.2) is 5.78 Å². The molecule has 0 atom stereocenters. The number of thioether (sulfide) groups is 1. The van der Waals surface area contributed by atoms with Gasteiger partial charge in [-0.3, -0.25) is 9.59 Å². The van der Waals surface area contributed by atoms with Crippen LogP contribution in [0.3, 0.4) is 0 Å². The summed E-state index contributed by atoms with van der Waals surface area (Å²) in [7, 11) is 0. The Kier molecular flexibility index (Phi) is 5.05. The van der Waals surface area contributed by atoms with Gasteiger partial charge in [-0.1, -0.05) is 18.2 Å². The van der Waals surface area contributed by atoms with E-state index in [1.54, 1.807) is 6.07 Å². The van der Waals surface area contributed by atoms with Crippen molar-refractivity contribution in [1.82, 2.24) is 0 Å². The van der Waals surface area contributed by atoms with Crippen molar-refractivity contribution in [2.45, 2.75) is 24.2 Å². The maximum Gasteiger partial charge on any atom is 0.303 e. The minimum Gasteiger partial charge on any atom is -0.481 e. The van der Waals surface area contributed by atoms with Crippen LogP contribution in [0.4, 0.5) is 0 Å². The van der Waals surface area contributed by atoms with Gasteiger partial charge in [0, 0.05) is 23.3 Å². The van der Waals surface area contributed by atoms with Crippen molar-refractivity contribution in [2.75, 3.05) is 6.26 Å². The molecule has 0 saturated carbocycles. The van der Waals surface area contributed by atoms with Crippen molar-refractivity contribution < 1.29 is 14.7 Å². The van der Waals surface area contributed by atoms with E-state index in [9.17, 15) is 9.59 Å². The number of hydrogen-bond acceptors (Lipinski definition) is 3. The van der Waals surface area contributed by atoms with Gasteiger partial charge in [0.25, 0.3) is 0 Å². The van der Waals surface area contributed by atoms with Gasteiger partial charge in [0.05, 0.1) is 0 Å². The first-order valence-corrected chi connectivity index (χ1v) is 6.25. The molecule has 0 spiro atoms. The first-order chi connectivity index (χ1) is 7.65. The molecule has 0 unspecified atom stereocenters. The molecule has 0 saturated heterocycles. The number of aliphatic carboxylic acids is 1. The van der Waals surface area contributed by atoms with Crippen LogP contribution in [0, 0.1) is 0 Å². The summed E-state index contributed by atoms with van der Waals surface area (Å²) in [5.74, 6) is -0.836. The number of carbonyl (C=O) groups excluding carboxylic acids is 1. The van der Waals surface area contributed by atoms with Crippen molar-refractivity contribution in [3.63, 3.8) is 0 Å². The Bertz CT molecular complexity index is 388. The highest BCUT2D eigenvalue weighted by Gasteiger charge is 2.10. The molecular formula is C12H14O3S. The number of hydrogen-bond donors (Lipinski definition) is 1. The first kappa shape index (κ1) is 12.8. The average molecular weight is 238 g/mol. The molecule has 3 nitrogen and oxygen atoms in total. The Morgan fingerprint density at radius 3 is 2.56 bits per heavy atom. The van der Waals surface area contributed by atoms with E-state index in [1.807, 2.05) is 24.5 Å². The molecule has 0 aliphatic carbocycles. The van der Waals surface area contributed by atoms with Gasteiger partial charge in [0.2, 0.25) is 0 Å². The van der Waals surface area contributed by atoms with Gasteiger partial charge in [-0.25, -0.2) is 0 Å². The first-order valence-electron chi connectivity index (χ1n) is 5.03. The van der Waals surface area contributed by atoms with Crippen LogP contribution in [0.15, 0.2) is 29.2 Å². The van der Waals surface area contributed by atoms with E-state index in [1.165, 1.54) is 11.8 Å². The smallest absolute Gasteiger partial charge is 0.303 e. The Hall–Kier alpha value is -1.29. The zero-order valence-electron chi connectivity index (χ0n) is 9.10. The second-order valence-corrected chi connectivity index (χ2v) is 4.22. The maximum atomic E-state index is 11.8. The summed E-state index contributed by atoms with van der Waals surface area (Å²) in [6.45, 7) is 0. The van der Waals surface area contributed by atoms with Crippen LogP contribution in [-0.4, -0.2) is 23.1 Å². The fraction of sp³-hybridized carbons (Fsp3) is 0.333. The lowest BCUT2D eigenvalue weighted by Gasteiger charge is -2.05. The van der Waals surface area contributed by atoms with Crippen molar-refractivity contribution in [3.8, 4) is 0 Å². The molecule has 86 valence electrons. The Morgan fingerprint density at radius 2 is 1.94 bits per heavy atom. The molecule has 1 rings (SSSR count). The van der Waals surface area contributed by atoms with Crippen molar-refractivity contribution >= 4 is 23.5 Å². The molecule has 0 aromatic heterocycles. The Morgan fingerprint density at radius 1 is 1.25 bits per heavy atom. The maximum absolute atomic E-state index is 11.8. The average Bonchev–Trinajstić information content (AvgIpc) is 2.28. The monoisotopic (exact) mass is 238 g/mol. The Labute approximate surface area is 98.9 Å². The van der Waals surface area contributed by atoms with Crippen LogP contribution in [-0.2, 0) is 4.79 Å². The van der Waals surface area contributed by atoms with E-state index in [-0.39, 0.29) is 12.2 Å². The van der Waals surface area contributed by atoms with Gasteiger partial charge in [-0.2, -0.15) is 0 Å². The topological polar surface area (TPSA) is 54.4 Å². The number of Topliss-reactive ketones (excluding diaryl/α,β-unsaturated/α-hetero) is 1. The summed E-state index contributed by atoms with van der Waals surface area (Å²) in [6.07, 6.45) is 2.66. The summed E-state index contributed by atoms with van der Waals surface area (Å²) in [4.78, 5) is 23.1. The number of ketones is 1. The van der Waals surface area contributed by atoms with E-state index < -0.39 is 5.97 Å². The molecule has 1 aromatic carbocycles. The standard InChI is InChI=1S/C12H14O3S/c1-16-11-7-3-2-5-9(11)10(13)6-4-8-12(14)15/h2-3,5,7H,4,6,8H2,1H3,(H,14,15). The molecule has 0 radical (unpaired) electrons. The minimum absolute atomic E-state index is 0.0196. The largest absolute Gasteiger partial charge is 0.481 e. The van der Waals surface area contributed by atoms with Gasteiger partial charge in [0.1, 0.15) is 0 Å². The summed E-state index contributed by atoms with van der Waals surface area (Å²) >= 11 is 1.53. The normalized spacial score (nSPS) is 10.1. The predicted octanol–water partition coefficient (Wildman–Crippen LogP) is 2.85. The zero-order chi connectivity index (χ0) is 12.0. The SMILES string of the molecule is CSc1ccccc1C(=O)CCCC(=O)O. The molecule has 0 amide bonds. The minimum atomic E-state index is -0.856. The number of carbonyl (C=O) groups is 2. The van der Waals surface area contributed by atoms with Gasteiger partial charge in [-0.05, 0) is 18.7 Å². The quantitative estimate of drug-likeness (QED) is 0.611. The van der Waals surface area contributed by atoms with Crippen molar-refractivity contribution in [1.29, 1.82) is 0 Å². The third kappa shape index (κ3) is 3.70. The lowest BCUT2D eigenvalue weighted by Crippen LogP contribution is -2.03. The highest BCUT2D eigenvalue weighted by molar-refractivity contribution is 7.98. The van der Waals surface area contributed by atoms with E-state index in [2.05, 4.69) is 0 Å². The lowest BCUT2D eigenvalue weighted by atomic mass is 10.1. The summed E-state index contributed by atoms with van der Waals surface area (Å²) < 4.78 is 0. The van der Waals surface area contributed by atoms with Crippen LogP contribution >= 0.6 is 11.8 Å². The molecule has 1 aromatic rings. The molecule has 0 fully saturated rings. The molecule has 0 heterocycles. The van der Waals surface area contributed by atoms with Crippen molar-refractivity contribution in [3.05, 3.63) is 29.8 Å². The number of benzene rings is 1. The molecular weight excluding hydrogens is 224 g/mol. The molecule has 0 bridgehead atoms. The fourth-order valence-electron chi connectivity index (χ4n) is 1.41. The summed E-state index contributed by atoms with van der Waals surface area (Å²) in [5.41, 5.74) is 0.695. The van der Waals surface area contributed by atoms with Crippen molar-refractivity contribution in [2.24, 2.45) is 0 Å². The number of carboxylic acid groups (broad SMARTS) is 1. The van der Waals surface area contributed by atoms with Crippen LogP contribution in [0.2, 0.25) is 0 Å². The van der Waals surface area contributed by atoms with E-state index >= 15 is 0 Å². The number of rotatable bonds is 6. The van der Waals surface area contributed by atoms with Crippen LogP contribution in [0.5, 0.6) is 0 Å². The Balaban J connectivity index is 2.62. The zero-order valence-corrected chi connectivity index (χ0v) is 9.92. The van der Waals surface area contributed by atoms with Gasteiger partial charge >= 0.3 is 5.97 Å². The second-order valence-electron chi connectivity index (χ2n) is 3.37. The third-order valence-electron chi connectivity index (χ3n) is 2.20. The van der Waals surface area contributed by atoms with Gasteiger partial charge < -0.3 is 5.11 Å². The van der Waals surface area contributed by atoms with E-state index in [4.69, 9.17) is 5.11 Å². The van der Waals surface area contributed by atoms with E-state index in [0.29, 0.717) is 18.4 Å². The lowest BCUT2D eigenvalue weighted by molar-refractivity contribution is -0.137. The highest BCUT2D eigenvalue weighted by Crippen LogP contribution is 2.21. The second kappa shape index (κ2) is 6.33. The molecule has 0 aliphatic rings. The molecule has 1 N–H and O–H groups in total. The fourth-order valence-corrected chi connectivity index (χ4v) is 2.03. The van der Waals surface area contributed by atoms with E-state index in [0.717, 1.165) is 4.90 Å². The molecule has 4 heteroatoms. The predicted molar refractivity (Wildman–Crippen MR) is 64.0 cm³/mol. The molecule has 0 aliphatic heterocycles. The van der Waals surface area contributed by atoms with Crippen LogP contribution in [0.1, 0.15) is 29.6 Å². The number of carboxylic acids is 1. The molecule has 16 heavy (non-hydrogen) atoms. The summed E-state index contributed by atoms with van der Waals surface area (Å²) in [6, 6.07) is 7.40. The van der Waals surface area contributed by atoms with Gasteiger partial charge in [-0.15, -0.1) is 11.8 Å².